The summed E-state index contributed by atoms with van der Waals surface area (Å²) >= 11 is 0. The Hall–Kier alpha value is -5.74. The van der Waals surface area contributed by atoms with Crippen molar-refractivity contribution in [3.8, 4) is 22.8 Å². The van der Waals surface area contributed by atoms with Crippen molar-refractivity contribution in [1.82, 2.24) is 19.3 Å². The lowest BCUT2D eigenvalue weighted by atomic mass is 10.0. The third-order valence-electron chi connectivity index (χ3n) is 8.41. The third kappa shape index (κ3) is 3.29. The molecule has 0 aliphatic carbocycles. The molecule has 0 unspecified atom stereocenters. The molecule has 0 bridgehead atoms. The summed E-state index contributed by atoms with van der Waals surface area (Å²) in [6.07, 6.45) is 0. The first-order valence-corrected chi connectivity index (χ1v) is 14.2. The Kier molecular flexibility index (Phi) is 4.87. The maximum Gasteiger partial charge on any atom is 0.160 e. The number of rotatable bonds is 3. The third-order valence-corrected chi connectivity index (χ3v) is 8.41. The maximum atomic E-state index is 4.77. The molecule has 0 saturated heterocycles. The van der Waals surface area contributed by atoms with E-state index in [2.05, 4.69) is 142 Å². The van der Waals surface area contributed by atoms with E-state index >= 15 is 0 Å². The molecule has 0 fully saturated rings. The first kappa shape index (κ1) is 23.0. The van der Waals surface area contributed by atoms with Crippen molar-refractivity contribution < 1.29 is 0 Å². The number of para-hydroxylation sites is 3. The molecular weight excluding hydrogens is 512 g/mol. The summed E-state index contributed by atoms with van der Waals surface area (Å²) in [4.78, 5) is 0. The second-order valence-corrected chi connectivity index (χ2v) is 10.7. The van der Waals surface area contributed by atoms with Crippen LogP contribution in [0.4, 0.5) is 0 Å². The predicted octanol–water partition coefficient (Wildman–Crippen LogP) is 9.49. The molecule has 3 aromatic heterocycles. The molecule has 0 atom stereocenters. The SMILES string of the molecule is c1ccc(-c2ccc(-n3c4ccccc4c4ccc5cc6c7ccccc7n(-c7ccccc7)c6cc5c43)nn2)cc1. The lowest BCUT2D eigenvalue weighted by Crippen LogP contribution is -2.00. The molecule has 6 aromatic carbocycles. The zero-order chi connectivity index (χ0) is 27.6. The van der Waals surface area contributed by atoms with Gasteiger partial charge in [-0.3, -0.25) is 4.57 Å². The Morgan fingerprint density at radius 3 is 1.81 bits per heavy atom. The molecule has 0 aliphatic rings. The van der Waals surface area contributed by atoms with Crippen LogP contribution in [0, 0.1) is 0 Å². The molecule has 0 spiro atoms. The molecule has 4 heteroatoms. The van der Waals surface area contributed by atoms with Crippen LogP contribution in [-0.2, 0) is 0 Å². The summed E-state index contributed by atoms with van der Waals surface area (Å²) in [5, 5.41) is 16.7. The summed E-state index contributed by atoms with van der Waals surface area (Å²) in [6, 6.07) is 51.5. The molecule has 0 N–H and O–H groups in total. The summed E-state index contributed by atoms with van der Waals surface area (Å²) in [6.45, 7) is 0. The van der Waals surface area contributed by atoms with Gasteiger partial charge in [0.05, 0.1) is 27.8 Å². The van der Waals surface area contributed by atoms with E-state index < -0.39 is 0 Å². The molecular formula is C38H24N4. The van der Waals surface area contributed by atoms with Crippen LogP contribution in [0.15, 0.2) is 146 Å². The maximum absolute atomic E-state index is 4.77. The fourth-order valence-corrected chi connectivity index (χ4v) is 6.55. The van der Waals surface area contributed by atoms with Gasteiger partial charge in [-0.25, -0.2) is 0 Å². The highest BCUT2D eigenvalue weighted by Crippen LogP contribution is 2.40. The van der Waals surface area contributed by atoms with Gasteiger partial charge in [-0.2, -0.15) is 0 Å². The van der Waals surface area contributed by atoms with E-state index in [9.17, 15) is 0 Å². The van der Waals surface area contributed by atoms with E-state index in [-0.39, 0.29) is 0 Å². The second kappa shape index (κ2) is 8.88. The predicted molar refractivity (Wildman–Crippen MR) is 174 cm³/mol. The topological polar surface area (TPSA) is 35.6 Å². The highest BCUT2D eigenvalue weighted by Gasteiger charge is 2.19. The summed E-state index contributed by atoms with van der Waals surface area (Å²) < 4.78 is 4.65. The Bertz CT molecular complexity index is 2430. The summed E-state index contributed by atoms with van der Waals surface area (Å²) in [5.74, 6) is 0.803. The van der Waals surface area contributed by atoms with E-state index in [0.717, 1.165) is 33.8 Å². The van der Waals surface area contributed by atoms with Gasteiger partial charge in [0.15, 0.2) is 5.82 Å². The van der Waals surface area contributed by atoms with Crippen molar-refractivity contribution in [2.45, 2.75) is 0 Å². The van der Waals surface area contributed by atoms with Crippen molar-refractivity contribution in [3.63, 3.8) is 0 Å². The van der Waals surface area contributed by atoms with Gasteiger partial charge in [-0.15, -0.1) is 10.2 Å². The van der Waals surface area contributed by atoms with Crippen LogP contribution in [0.3, 0.4) is 0 Å². The normalized spacial score (nSPS) is 11.8. The Balaban J connectivity index is 1.39. The van der Waals surface area contributed by atoms with Crippen molar-refractivity contribution in [1.29, 1.82) is 0 Å². The van der Waals surface area contributed by atoms with Gasteiger partial charge in [0.1, 0.15) is 0 Å². The van der Waals surface area contributed by atoms with Crippen molar-refractivity contribution in [2.24, 2.45) is 0 Å². The lowest BCUT2D eigenvalue weighted by molar-refractivity contribution is 0.959. The minimum atomic E-state index is 0.803. The summed E-state index contributed by atoms with van der Waals surface area (Å²) in [7, 11) is 0. The molecule has 0 radical (unpaired) electrons. The van der Waals surface area contributed by atoms with Gasteiger partial charge in [0.2, 0.25) is 0 Å². The van der Waals surface area contributed by atoms with Gasteiger partial charge in [-0.1, -0.05) is 97.1 Å². The second-order valence-electron chi connectivity index (χ2n) is 10.7. The van der Waals surface area contributed by atoms with Crippen molar-refractivity contribution >= 4 is 54.4 Å². The fourth-order valence-electron chi connectivity index (χ4n) is 6.55. The number of aromatic nitrogens is 4. The average Bonchev–Trinajstić information content (AvgIpc) is 3.57. The van der Waals surface area contributed by atoms with Crippen LogP contribution >= 0.6 is 0 Å². The van der Waals surface area contributed by atoms with Crippen molar-refractivity contribution in [3.05, 3.63) is 146 Å². The molecule has 9 rings (SSSR count). The van der Waals surface area contributed by atoms with Gasteiger partial charge in [-0.05, 0) is 53.9 Å². The van der Waals surface area contributed by atoms with Gasteiger partial charge >= 0.3 is 0 Å². The largest absolute Gasteiger partial charge is 0.309 e. The Morgan fingerprint density at radius 1 is 0.405 bits per heavy atom. The molecule has 0 amide bonds. The van der Waals surface area contributed by atoms with E-state index in [1.807, 2.05) is 18.2 Å². The number of nitrogens with zero attached hydrogens (tertiary/aromatic N) is 4. The molecule has 4 nitrogen and oxygen atoms in total. The van der Waals surface area contributed by atoms with Crippen LogP contribution in [0.2, 0.25) is 0 Å². The fraction of sp³-hybridized carbons (Fsp3) is 0. The molecule has 0 saturated carbocycles. The molecule has 3 heterocycles. The lowest BCUT2D eigenvalue weighted by Gasteiger charge is -2.11. The molecule has 9 aromatic rings. The number of fused-ring (bicyclic) bond motifs is 8. The van der Waals surface area contributed by atoms with Gasteiger partial charge < -0.3 is 4.57 Å². The minimum absolute atomic E-state index is 0.803. The van der Waals surface area contributed by atoms with Gasteiger partial charge in [0.25, 0.3) is 0 Å². The zero-order valence-electron chi connectivity index (χ0n) is 22.6. The number of benzene rings is 6. The monoisotopic (exact) mass is 536 g/mol. The molecule has 0 aliphatic heterocycles. The highest BCUT2D eigenvalue weighted by atomic mass is 15.2. The summed E-state index contributed by atoms with van der Waals surface area (Å²) in [5.41, 5.74) is 7.71. The van der Waals surface area contributed by atoms with Gasteiger partial charge in [0, 0.05) is 38.2 Å². The highest BCUT2D eigenvalue weighted by molar-refractivity contribution is 6.22. The molecule has 42 heavy (non-hydrogen) atoms. The number of hydrogen-bond acceptors (Lipinski definition) is 2. The Morgan fingerprint density at radius 2 is 1.07 bits per heavy atom. The quantitative estimate of drug-likeness (QED) is 0.225. The van der Waals surface area contributed by atoms with Crippen LogP contribution in [-0.4, -0.2) is 19.3 Å². The smallest absolute Gasteiger partial charge is 0.160 e. The van der Waals surface area contributed by atoms with Crippen LogP contribution in [0.25, 0.3) is 77.1 Å². The van der Waals surface area contributed by atoms with Crippen LogP contribution in [0.5, 0.6) is 0 Å². The Labute approximate surface area is 241 Å². The first-order chi connectivity index (χ1) is 20.8. The number of hydrogen-bond donors (Lipinski definition) is 0. The molecule has 196 valence electrons. The van der Waals surface area contributed by atoms with Crippen molar-refractivity contribution in [2.75, 3.05) is 0 Å². The average molecular weight is 537 g/mol. The van der Waals surface area contributed by atoms with Crippen LogP contribution < -0.4 is 0 Å². The van der Waals surface area contributed by atoms with E-state index in [0.29, 0.717) is 0 Å². The van der Waals surface area contributed by atoms with E-state index in [1.54, 1.807) is 0 Å². The van der Waals surface area contributed by atoms with E-state index in [1.165, 1.54) is 43.4 Å². The first-order valence-electron chi connectivity index (χ1n) is 14.2. The standard InChI is InChI=1S/C38H24N4/c1-3-11-25(12-4-1)33-21-22-37(40-39-33)42-35-18-10-7-15-28(35)30-20-19-26-23-32-29-16-8-9-17-34(29)41(27-13-5-2-6-14-27)36(32)24-31(26)38(30)42/h1-24H. The zero-order valence-corrected chi connectivity index (χ0v) is 22.6. The van der Waals surface area contributed by atoms with Crippen LogP contribution in [0.1, 0.15) is 0 Å². The van der Waals surface area contributed by atoms with E-state index in [4.69, 9.17) is 5.10 Å². The minimum Gasteiger partial charge on any atom is -0.309 e.